The topological polar surface area (TPSA) is 55.3 Å². The van der Waals surface area contributed by atoms with Crippen molar-refractivity contribution in [3.63, 3.8) is 0 Å². The Labute approximate surface area is 146 Å². The SMILES string of the molecule is COc1ncccc1N(C)C(=O)c1cccc(-c2ccccn2)c1C. The van der Waals surface area contributed by atoms with Gasteiger partial charge < -0.3 is 9.64 Å². The quantitative estimate of drug-likeness (QED) is 0.730. The Morgan fingerprint density at radius 2 is 1.80 bits per heavy atom. The second kappa shape index (κ2) is 7.13. The minimum atomic E-state index is -0.124. The third-order valence-corrected chi connectivity index (χ3v) is 4.12. The summed E-state index contributed by atoms with van der Waals surface area (Å²) in [6.07, 6.45) is 3.38. The van der Waals surface area contributed by atoms with Gasteiger partial charge in [-0.2, -0.15) is 0 Å². The van der Waals surface area contributed by atoms with Crippen LogP contribution in [0.25, 0.3) is 11.3 Å². The summed E-state index contributed by atoms with van der Waals surface area (Å²) in [6.45, 7) is 1.94. The molecule has 3 rings (SSSR count). The third kappa shape index (κ3) is 3.21. The third-order valence-electron chi connectivity index (χ3n) is 4.12. The minimum Gasteiger partial charge on any atom is -0.480 e. The molecule has 0 N–H and O–H groups in total. The summed E-state index contributed by atoms with van der Waals surface area (Å²) in [5, 5.41) is 0. The molecule has 0 spiro atoms. The zero-order valence-electron chi connectivity index (χ0n) is 14.4. The van der Waals surface area contributed by atoms with E-state index in [1.54, 1.807) is 30.4 Å². The number of carbonyl (C=O) groups excluding carboxylic acids is 1. The van der Waals surface area contributed by atoms with Gasteiger partial charge >= 0.3 is 0 Å². The van der Waals surface area contributed by atoms with Crippen molar-refractivity contribution in [2.45, 2.75) is 6.92 Å². The van der Waals surface area contributed by atoms with Crippen LogP contribution < -0.4 is 9.64 Å². The highest BCUT2D eigenvalue weighted by Gasteiger charge is 2.20. The molecule has 1 amide bonds. The molecule has 3 aromatic rings. The molecule has 1 aromatic carbocycles. The number of amides is 1. The van der Waals surface area contributed by atoms with E-state index < -0.39 is 0 Å². The van der Waals surface area contributed by atoms with Crippen LogP contribution in [-0.2, 0) is 0 Å². The van der Waals surface area contributed by atoms with Crippen molar-refractivity contribution in [1.29, 1.82) is 0 Å². The van der Waals surface area contributed by atoms with Crippen molar-refractivity contribution in [3.05, 3.63) is 72.1 Å². The van der Waals surface area contributed by atoms with Crippen LogP contribution in [0.4, 0.5) is 5.69 Å². The Morgan fingerprint density at radius 1 is 1.00 bits per heavy atom. The average Bonchev–Trinajstić information content (AvgIpc) is 2.67. The lowest BCUT2D eigenvalue weighted by Crippen LogP contribution is -2.27. The summed E-state index contributed by atoms with van der Waals surface area (Å²) < 4.78 is 5.26. The van der Waals surface area contributed by atoms with Gasteiger partial charge in [0, 0.05) is 30.6 Å². The Balaban J connectivity index is 2.01. The van der Waals surface area contributed by atoms with Crippen molar-refractivity contribution in [2.24, 2.45) is 0 Å². The van der Waals surface area contributed by atoms with E-state index in [0.717, 1.165) is 16.8 Å². The predicted octanol–water partition coefficient (Wildman–Crippen LogP) is 3.74. The van der Waals surface area contributed by atoms with E-state index in [1.807, 2.05) is 49.4 Å². The Morgan fingerprint density at radius 3 is 2.52 bits per heavy atom. The van der Waals surface area contributed by atoms with Gasteiger partial charge in [0.15, 0.2) is 0 Å². The van der Waals surface area contributed by atoms with E-state index in [9.17, 15) is 4.79 Å². The van der Waals surface area contributed by atoms with E-state index in [2.05, 4.69) is 9.97 Å². The second-order valence-corrected chi connectivity index (χ2v) is 5.59. The van der Waals surface area contributed by atoms with Crippen molar-refractivity contribution in [2.75, 3.05) is 19.1 Å². The number of hydrogen-bond acceptors (Lipinski definition) is 4. The molecule has 0 fully saturated rings. The number of hydrogen-bond donors (Lipinski definition) is 0. The predicted molar refractivity (Wildman–Crippen MR) is 97.9 cm³/mol. The van der Waals surface area contributed by atoms with Crippen LogP contribution in [0.1, 0.15) is 15.9 Å². The molecule has 0 aliphatic heterocycles. The zero-order valence-corrected chi connectivity index (χ0v) is 14.4. The number of carbonyl (C=O) groups is 1. The number of rotatable bonds is 4. The van der Waals surface area contributed by atoms with Crippen LogP contribution in [0, 0.1) is 6.92 Å². The largest absolute Gasteiger partial charge is 0.480 e. The van der Waals surface area contributed by atoms with Gasteiger partial charge in [0.25, 0.3) is 5.91 Å². The maximum absolute atomic E-state index is 13.0. The summed E-state index contributed by atoms with van der Waals surface area (Å²) in [5.74, 6) is 0.290. The fourth-order valence-corrected chi connectivity index (χ4v) is 2.75. The van der Waals surface area contributed by atoms with E-state index >= 15 is 0 Å². The summed E-state index contributed by atoms with van der Waals surface area (Å²) in [5.41, 5.74) is 3.92. The molecule has 2 aromatic heterocycles. The lowest BCUT2D eigenvalue weighted by atomic mass is 9.98. The van der Waals surface area contributed by atoms with Crippen LogP contribution in [0.2, 0.25) is 0 Å². The van der Waals surface area contributed by atoms with Crippen molar-refractivity contribution in [1.82, 2.24) is 9.97 Å². The standard InChI is InChI=1S/C20H19N3O2/c1-14-15(17-10-4-5-12-21-17)8-6-9-16(14)20(24)23(2)18-11-7-13-22-19(18)25-3/h4-13H,1-3H3. The maximum Gasteiger partial charge on any atom is 0.258 e. The van der Waals surface area contributed by atoms with Crippen molar-refractivity contribution in [3.8, 4) is 17.1 Å². The molecule has 0 unspecified atom stereocenters. The molecular formula is C20H19N3O2. The van der Waals surface area contributed by atoms with Gasteiger partial charge in [0.1, 0.15) is 5.69 Å². The smallest absolute Gasteiger partial charge is 0.258 e. The lowest BCUT2D eigenvalue weighted by molar-refractivity contribution is 0.0991. The van der Waals surface area contributed by atoms with E-state index in [1.165, 1.54) is 7.11 Å². The highest BCUT2D eigenvalue weighted by atomic mass is 16.5. The first kappa shape index (κ1) is 16.6. The summed E-state index contributed by atoms with van der Waals surface area (Å²) in [7, 11) is 3.26. The monoisotopic (exact) mass is 333 g/mol. The summed E-state index contributed by atoms with van der Waals surface area (Å²) >= 11 is 0. The summed E-state index contributed by atoms with van der Waals surface area (Å²) in [6, 6.07) is 15.0. The highest BCUT2D eigenvalue weighted by Crippen LogP contribution is 2.28. The first-order chi connectivity index (χ1) is 12.1. The first-order valence-corrected chi connectivity index (χ1v) is 7.91. The molecule has 0 radical (unpaired) electrons. The highest BCUT2D eigenvalue weighted by molar-refractivity contribution is 6.08. The number of anilines is 1. The zero-order chi connectivity index (χ0) is 17.8. The number of aromatic nitrogens is 2. The Kier molecular flexibility index (Phi) is 4.75. The second-order valence-electron chi connectivity index (χ2n) is 5.59. The van der Waals surface area contributed by atoms with Crippen LogP contribution in [0.15, 0.2) is 60.9 Å². The fourth-order valence-electron chi connectivity index (χ4n) is 2.75. The van der Waals surface area contributed by atoms with E-state index in [-0.39, 0.29) is 5.91 Å². The van der Waals surface area contributed by atoms with Gasteiger partial charge in [-0.1, -0.05) is 18.2 Å². The lowest BCUT2D eigenvalue weighted by Gasteiger charge is -2.20. The number of benzene rings is 1. The number of methoxy groups -OCH3 is 1. The van der Waals surface area contributed by atoms with Crippen molar-refractivity contribution < 1.29 is 9.53 Å². The van der Waals surface area contributed by atoms with Crippen LogP contribution >= 0.6 is 0 Å². The van der Waals surface area contributed by atoms with Gasteiger partial charge in [-0.05, 0) is 42.8 Å². The molecule has 2 heterocycles. The first-order valence-electron chi connectivity index (χ1n) is 7.91. The molecule has 0 saturated carbocycles. The molecule has 0 atom stereocenters. The molecule has 0 saturated heterocycles. The van der Waals surface area contributed by atoms with E-state index in [0.29, 0.717) is 17.1 Å². The number of ether oxygens (including phenoxy) is 1. The molecule has 5 nitrogen and oxygen atoms in total. The molecular weight excluding hydrogens is 314 g/mol. The number of nitrogens with zero attached hydrogens (tertiary/aromatic N) is 3. The van der Waals surface area contributed by atoms with Gasteiger partial charge in [0.05, 0.1) is 12.8 Å². The molecule has 126 valence electrons. The molecule has 25 heavy (non-hydrogen) atoms. The fraction of sp³-hybridized carbons (Fsp3) is 0.150. The minimum absolute atomic E-state index is 0.124. The van der Waals surface area contributed by atoms with Crippen LogP contribution in [0.5, 0.6) is 5.88 Å². The normalized spacial score (nSPS) is 10.4. The van der Waals surface area contributed by atoms with Gasteiger partial charge in [-0.15, -0.1) is 0 Å². The average molecular weight is 333 g/mol. The Hall–Kier alpha value is -3.21. The molecule has 0 aliphatic carbocycles. The maximum atomic E-state index is 13.0. The van der Waals surface area contributed by atoms with E-state index in [4.69, 9.17) is 4.74 Å². The van der Waals surface area contributed by atoms with Gasteiger partial charge in [0.2, 0.25) is 5.88 Å². The van der Waals surface area contributed by atoms with Crippen LogP contribution in [0.3, 0.4) is 0 Å². The van der Waals surface area contributed by atoms with Gasteiger partial charge in [-0.25, -0.2) is 4.98 Å². The van der Waals surface area contributed by atoms with Crippen molar-refractivity contribution >= 4 is 11.6 Å². The van der Waals surface area contributed by atoms with Crippen LogP contribution in [-0.4, -0.2) is 30.0 Å². The number of pyridine rings is 2. The van der Waals surface area contributed by atoms with Gasteiger partial charge in [-0.3, -0.25) is 9.78 Å². The Bertz CT molecular complexity index is 894. The molecule has 0 bridgehead atoms. The molecule has 5 heteroatoms. The summed E-state index contributed by atoms with van der Waals surface area (Å²) in [4.78, 5) is 23.1. The molecule has 0 aliphatic rings.